The van der Waals surface area contributed by atoms with E-state index in [4.69, 9.17) is 10.2 Å². The van der Waals surface area contributed by atoms with Crippen molar-refractivity contribution in [2.75, 3.05) is 13.1 Å². The first-order valence-electron chi connectivity index (χ1n) is 9.70. The third kappa shape index (κ3) is 5.02. The molecule has 2 aromatic heterocycles. The highest BCUT2D eigenvalue weighted by Crippen LogP contribution is 2.30. The average molecular weight is 400 g/mol. The van der Waals surface area contributed by atoms with Gasteiger partial charge in [-0.15, -0.1) is 0 Å². The number of piperidine rings is 1. The lowest BCUT2D eigenvalue weighted by Crippen LogP contribution is -2.53. The van der Waals surface area contributed by atoms with Gasteiger partial charge in [0.2, 0.25) is 0 Å². The molecular weight excluding hydrogens is 372 g/mol. The molecule has 1 aliphatic rings. The van der Waals surface area contributed by atoms with Crippen molar-refractivity contribution < 1.29 is 19.1 Å². The molecule has 0 aromatic carbocycles. The van der Waals surface area contributed by atoms with Crippen LogP contribution in [-0.4, -0.2) is 52.0 Å². The summed E-state index contributed by atoms with van der Waals surface area (Å²) in [4.78, 5) is 29.9. The maximum absolute atomic E-state index is 12.3. The maximum Gasteiger partial charge on any atom is 0.284 e. The molecular formula is C21H28N4O4. The van der Waals surface area contributed by atoms with Gasteiger partial charge < -0.3 is 20.6 Å². The minimum atomic E-state index is -0.711. The summed E-state index contributed by atoms with van der Waals surface area (Å²) in [5.41, 5.74) is 6.31. The molecule has 0 unspecified atom stereocenters. The molecule has 0 radical (unpaired) electrons. The van der Waals surface area contributed by atoms with Gasteiger partial charge in [0, 0.05) is 36.8 Å². The number of carbonyl (C=O) groups excluding carboxylic acids is 2. The number of furan rings is 1. The molecule has 2 aromatic rings. The van der Waals surface area contributed by atoms with Gasteiger partial charge in [-0.2, -0.15) is 0 Å². The molecule has 8 nitrogen and oxygen atoms in total. The number of β-amino-alcohol motifs (C(OH)–C–C–N with tert-alkyl or cyclic N) is 1. The Morgan fingerprint density at radius 2 is 2.14 bits per heavy atom. The van der Waals surface area contributed by atoms with Crippen molar-refractivity contribution >= 4 is 11.8 Å². The number of nitrogens with one attached hydrogen (secondary N) is 1. The van der Waals surface area contributed by atoms with E-state index in [2.05, 4.69) is 15.2 Å². The van der Waals surface area contributed by atoms with E-state index in [0.29, 0.717) is 37.5 Å². The standard InChI is InChI=1S/C21H28N4O4/c1-21(2,3)18-13(10-17(29-18)19(22)27)11-25-9-7-14(16(26)12-25)24-20(28)15-6-4-5-8-23-15/h4-6,8,10,14,16,26H,7,9,11-12H2,1-3H3,(H2,22,27)(H,24,28)/t14-,16-/m1/s1. The molecule has 1 fully saturated rings. The van der Waals surface area contributed by atoms with Crippen LogP contribution in [0.4, 0.5) is 0 Å². The first kappa shape index (κ1) is 21.0. The Morgan fingerprint density at radius 1 is 1.38 bits per heavy atom. The molecule has 8 heteroatoms. The van der Waals surface area contributed by atoms with Crippen LogP contribution in [-0.2, 0) is 12.0 Å². The molecule has 3 heterocycles. The van der Waals surface area contributed by atoms with E-state index in [-0.39, 0.29) is 23.1 Å². The number of hydrogen-bond donors (Lipinski definition) is 3. The van der Waals surface area contributed by atoms with Gasteiger partial charge >= 0.3 is 0 Å². The van der Waals surface area contributed by atoms with Crippen LogP contribution in [0, 0.1) is 0 Å². The summed E-state index contributed by atoms with van der Waals surface area (Å²) >= 11 is 0. The van der Waals surface area contributed by atoms with Gasteiger partial charge in [-0.1, -0.05) is 26.8 Å². The molecule has 0 saturated carbocycles. The summed E-state index contributed by atoms with van der Waals surface area (Å²) in [7, 11) is 0. The van der Waals surface area contributed by atoms with Gasteiger partial charge in [-0.25, -0.2) is 0 Å². The zero-order valence-corrected chi connectivity index (χ0v) is 17.0. The summed E-state index contributed by atoms with van der Waals surface area (Å²) in [5.74, 6) is -0.0360. The maximum atomic E-state index is 12.3. The second-order valence-corrected chi connectivity index (χ2v) is 8.47. The summed E-state index contributed by atoms with van der Waals surface area (Å²) < 4.78 is 5.70. The predicted octanol–water partition coefficient (Wildman–Crippen LogP) is 1.44. The van der Waals surface area contributed by atoms with Gasteiger partial charge in [0.15, 0.2) is 5.76 Å². The smallest absolute Gasteiger partial charge is 0.284 e. The molecule has 0 bridgehead atoms. The number of primary amides is 1. The summed E-state index contributed by atoms with van der Waals surface area (Å²) in [5, 5.41) is 13.4. The highest BCUT2D eigenvalue weighted by molar-refractivity contribution is 5.92. The fraction of sp³-hybridized carbons (Fsp3) is 0.476. The molecule has 1 saturated heterocycles. The summed E-state index contributed by atoms with van der Waals surface area (Å²) in [6.45, 7) is 7.64. The fourth-order valence-corrected chi connectivity index (χ4v) is 3.59. The second-order valence-electron chi connectivity index (χ2n) is 8.47. The minimum Gasteiger partial charge on any atom is -0.455 e. The van der Waals surface area contributed by atoms with Crippen molar-refractivity contribution in [1.29, 1.82) is 0 Å². The van der Waals surface area contributed by atoms with Crippen molar-refractivity contribution in [2.24, 2.45) is 5.73 Å². The lowest BCUT2D eigenvalue weighted by atomic mass is 9.90. The van der Waals surface area contributed by atoms with Crippen LogP contribution in [0.3, 0.4) is 0 Å². The predicted molar refractivity (Wildman–Crippen MR) is 107 cm³/mol. The summed E-state index contributed by atoms with van der Waals surface area (Å²) in [6, 6.07) is 6.48. The number of aromatic nitrogens is 1. The Bertz CT molecular complexity index is 873. The van der Waals surface area contributed by atoms with Gasteiger partial charge in [0.25, 0.3) is 11.8 Å². The Hall–Kier alpha value is -2.71. The quantitative estimate of drug-likeness (QED) is 0.698. The average Bonchev–Trinajstić information content (AvgIpc) is 3.09. The highest BCUT2D eigenvalue weighted by Gasteiger charge is 2.31. The molecule has 0 aliphatic carbocycles. The van der Waals surface area contributed by atoms with Crippen molar-refractivity contribution in [3.63, 3.8) is 0 Å². The number of aliphatic hydroxyl groups excluding tert-OH is 1. The third-order valence-electron chi connectivity index (χ3n) is 5.01. The number of likely N-dealkylation sites (tertiary alicyclic amines) is 1. The molecule has 4 N–H and O–H groups in total. The molecule has 2 amide bonds. The second kappa shape index (κ2) is 8.34. The number of rotatable bonds is 5. The molecule has 29 heavy (non-hydrogen) atoms. The number of hydrogen-bond acceptors (Lipinski definition) is 6. The van der Waals surface area contributed by atoms with Gasteiger partial charge in [-0.05, 0) is 24.6 Å². The van der Waals surface area contributed by atoms with Crippen LogP contribution >= 0.6 is 0 Å². The van der Waals surface area contributed by atoms with Gasteiger partial charge in [0.05, 0.1) is 12.1 Å². The van der Waals surface area contributed by atoms with Crippen molar-refractivity contribution in [2.45, 2.75) is 51.3 Å². The zero-order chi connectivity index (χ0) is 21.2. The van der Waals surface area contributed by atoms with Crippen LogP contribution in [0.25, 0.3) is 0 Å². The zero-order valence-electron chi connectivity index (χ0n) is 17.0. The number of nitrogens with zero attached hydrogens (tertiary/aromatic N) is 2. The molecule has 156 valence electrons. The Kier molecular flexibility index (Phi) is 6.04. The Labute approximate surface area is 170 Å². The first-order chi connectivity index (χ1) is 13.6. The van der Waals surface area contributed by atoms with Crippen molar-refractivity contribution in [3.05, 3.63) is 53.2 Å². The first-order valence-corrected chi connectivity index (χ1v) is 9.70. The van der Waals surface area contributed by atoms with Gasteiger partial charge in [-0.3, -0.25) is 19.5 Å². The Balaban J connectivity index is 1.64. The van der Waals surface area contributed by atoms with Crippen LogP contribution in [0.1, 0.15) is 59.6 Å². The van der Waals surface area contributed by atoms with Gasteiger partial charge in [0.1, 0.15) is 11.5 Å². The van der Waals surface area contributed by atoms with Crippen molar-refractivity contribution in [3.8, 4) is 0 Å². The van der Waals surface area contributed by atoms with E-state index in [1.807, 2.05) is 20.8 Å². The number of aliphatic hydroxyl groups is 1. The van der Waals surface area contributed by atoms with E-state index in [1.54, 1.807) is 30.5 Å². The largest absolute Gasteiger partial charge is 0.455 e. The number of nitrogens with two attached hydrogens (primary N) is 1. The summed E-state index contributed by atoms with van der Waals surface area (Å²) in [6.07, 6.45) is 1.45. The molecule has 2 atom stereocenters. The van der Waals surface area contributed by atoms with E-state index >= 15 is 0 Å². The number of pyridine rings is 1. The number of amides is 2. The fourth-order valence-electron chi connectivity index (χ4n) is 3.59. The van der Waals surface area contributed by atoms with E-state index in [0.717, 1.165) is 5.56 Å². The van der Waals surface area contributed by atoms with Crippen molar-refractivity contribution in [1.82, 2.24) is 15.2 Å². The van der Waals surface area contributed by atoms with Crippen LogP contribution < -0.4 is 11.1 Å². The number of carbonyl (C=O) groups is 2. The lowest BCUT2D eigenvalue weighted by Gasteiger charge is -2.36. The molecule has 1 aliphatic heterocycles. The van der Waals surface area contributed by atoms with E-state index < -0.39 is 12.0 Å². The third-order valence-corrected chi connectivity index (χ3v) is 5.01. The molecule has 3 rings (SSSR count). The monoisotopic (exact) mass is 400 g/mol. The van der Waals surface area contributed by atoms with Crippen LogP contribution in [0.15, 0.2) is 34.9 Å². The topological polar surface area (TPSA) is 122 Å². The Morgan fingerprint density at radius 3 is 2.72 bits per heavy atom. The molecule has 0 spiro atoms. The SMILES string of the molecule is CC(C)(C)c1oc(C(N)=O)cc1CN1CC[C@@H](NC(=O)c2ccccn2)[C@H](O)C1. The highest BCUT2D eigenvalue weighted by atomic mass is 16.4. The van der Waals surface area contributed by atoms with E-state index in [1.165, 1.54) is 0 Å². The minimum absolute atomic E-state index is 0.142. The van der Waals surface area contributed by atoms with Crippen LogP contribution in [0.5, 0.6) is 0 Å². The normalized spacial score (nSPS) is 20.4. The lowest BCUT2D eigenvalue weighted by molar-refractivity contribution is 0.0345. The van der Waals surface area contributed by atoms with Crippen LogP contribution in [0.2, 0.25) is 0 Å². The van der Waals surface area contributed by atoms with E-state index in [9.17, 15) is 14.7 Å².